The van der Waals surface area contributed by atoms with E-state index in [2.05, 4.69) is 10.4 Å². The zero-order valence-electron chi connectivity index (χ0n) is 9.04. The molecule has 1 aromatic heterocycles. The lowest BCUT2D eigenvalue weighted by atomic mass is 10.3. The van der Waals surface area contributed by atoms with Gasteiger partial charge in [-0.05, 0) is 6.92 Å². The summed E-state index contributed by atoms with van der Waals surface area (Å²) >= 11 is 5.96. The first-order chi connectivity index (χ1) is 7.43. The van der Waals surface area contributed by atoms with E-state index in [1.807, 2.05) is 0 Å². The van der Waals surface area contributed by atoms with E-state index in [0.717, 1.165) is 0 Å². The van der Waals surface area contributed by atoms with Gasteiger partial charge in [-0.25, -0.2) is 8.78 Å². The number of nitrogens with zero attached hydrogens (tertiary/aromatic N) is 2. The minimum absolute atomic E-state index is 0.182. The van der Waals surface area contributed by atoms with E-state index in [1.54, 1.807) is 18.7 Å². The highest BCUT2D eigenvalue weighted by molar-refractivity contribution is 6.31. The Bertz CT molecular complexity index is 357. The number of rotatable bonds is 5. The zero-order chi connectivity index (χ0) is 12.3. The van der Waals surface area contributed by atoms with Crippen molar-refractivity contribution in [2.45, 2.75) is 26.0 Å². The third-order valence-corrected chi connectivity index (χ3v) is 2.69. The molecule has 16 heavy (non-hydrogen) atoms. The van der Waals surface area contributed by atoms with Gasteiger partial charge in [-0.1, -0.05) is 11.6 Å². The van der Waals surface area contributed by atoms with Gasteiger partial charge in [0.15, 0.2) is 0 Å². The van der Waals surface area contributed by atoms with E-state index in [4.69, 9.17) is 16.7 Å². The van der Waals surface area contributed by atoms with Gasteiger partial charge in [-0.3, -0.25) is 4.68 Å². The Hall–Kier alpha value is -0.720. The van der Waals surface area contributed by atoms with Crippen LogP contribution in [0.3, 0.4) is 0 Å². The second kappa shape index (κ2) is 5.56. The van der Waals surface area contributed by atoms with Gasteiger partial charge in [-0.2, -0.15) is 5.10 Å². The molecule has 1 unspecified atom stereocenters. The maximum Gasteiger partial charge on any atom is 0.265 e. The van der Waals surface area contributed by atoms with Gasteiger partial charge in [0.2, 0.25) is 0 Å². The smallest absolute Gasteiger partial charge is 0.265 e. The average Bonchev–Trinajstić information content (AvgIpc) is 2.44. The number of aliphatic hydroxyl groups excluding tert-OH is 1. The van der Waals surface area contributed by atoms with Crippen LogP contribution < -0.4 is 5.32 Å². The Morgan fingerprint density at radius 3 is 2.62 bits per heavy atom. The summed E-state index contributed by atoms with van der Waals surface area (Å²) in [5.74, 6) is 0. The van der Waals surface area contributed by atoms with Crippen LogP contribution in [-0.4, -0.2) is 34.0 Å². The average molecular weight is 254 g/mol. The lowest BCUT2D eigenvalue weighted by Crippen LogP contribution is -2.32. The van der Waals surface area contributed by atoms with Crippen molar-refractivity contribution in [1.82, 2.24) is 15.1 Å². The fourth-order valence-corrected chi connectivity index (χ4v) is 1.53. The lowest BCUT2D eigenvalue weighted by molar-refractivity contribution is -0.00347. The molecule has 0 saturated heterocycles. The number of aryl methyl sites for hydroxylation is 2. The monoisotopic (exact) mass is 253 g/mol. The number of aromatic nitrogens is 2. The van der Waals surface area contributed by atoms with Crippen molar-refractivity contribution in [3.63, 3.8) is 0 Å². The zero-order valence-corrected chi connectivity index (χ0v) is 9.80. The normalized spacial score (nSPS) is 13.4. The highest BCUT2D eigenvalue weighted by Crippen LogP contribution is 2.18. The summed E-state index contributed by atoms with van der Waals surface area (Å²) in [5, 5.41) is 16.2. The Labute approximate surface area is 97.2 Å². The van der Waals surface area contributed by atoms with E-state index in [-0.39, 0.29) is 6.54 Å². The summed E-state index contributed by atoms with van der Waals surface area (Å²) in [5.41, 5.74) is 1.40. The molecule has 0 radical (unpaired) electrons. The van der Waals surface area contributed by atoms with Crippen LogP contribution in [0.1, 0.15) is 11.4 Å². The van der Waals surface area contributed by atoms with Crippen LogP contribution in [0.25, 0.3) is 0 Å². The highest BCUT2D eigenvalue weighted by atomic mass is 35.5. The molecule has 4 nitrogen and oxygen atoms in total. The summed E-state index contributed by atoms with van der Waals surface area (Å²) in [4.78, 5) is 0. The van der Waals surface area contributed by atoms with E-state index in [0.29, 0.717) is 23.0 Å². The van der Waals surface area contributed by atoms with Gasteiger partial charge in [0.05, 0.1) is 16.4 Å². The molecule has 7 heteroatoms. The molecule has 0 fully saturated rings. The van der Waals surface area contributed by atoms with Crippen LogP contribution in [0.5, 0.6) is 0 Å². The number of halogens is 3. The first-order valence-corrected chi connectivity index (χ1v) is 5.16. The second-order valence-electron chi connectivity index (χ2n) is 3.50. The van der Waals surface area contributed by atoms with Crippen molar-refractivity contribution >= 4 is 11.6 Å². The predicted octanol–water partition coefficient (Wildman–Crippen LogP) is 1.10. The number of hydrogen-bond donors (Lipinski definition) is 2. The largest absolute Gasteiger partial charge is 0.386 e. The van der Waals surface area contributed by atoms with Crippen molar-refractivity contribution in [2.75, 3.05) is 6.54 Å². The van der Waals surface area contributed by atoms with Gasteiger partial charge in [0, 0.05) is 20.1 Å². The second-order valence-corrected chi connectivity index (χ2v) is 3.88. The number of alkyl halides is 2. The molecule has 92 valence electrons. The van der Waals surface area contributed by atoms with Crippen molar-refractivity contribution in [1.29, 1.82) is 0 Å². The van der Waals surface area contributed by atoms with Crippen LogP contribution in [-0.2, 0) is 13.6 Å². The highest BCUT2D eigenvalue weighted by Gasteiger charge is 2.17. The molecule has 1 heterocycles. The summed E-state index contributed by atoms with van der Waals surface area (Å²) in [6.07, 6.45) is -4.40. The predicted molar refractivity (Wildman–Crippen MR) is 56.7 cm³/mol. The van der Waals surface area contributed by atoms with E-state index < -0.39 is 12.5 Å². The van der Waals surface area contributed by atoms with Crippen molar-refractivity contribution < 1.29 is 13.9 Å². The standard InChI is InChI=1S/C9H14ClF2N3O/c1-5-8(10)6(15(2)14-5)3-13-4-7(16)9(11)12/h7,9,13,16H,3-4H2,1-2H3. The molecule has 0 bridgehead atoms. The first kappa shape index (κ1) is 13.3. The van der Waals surface area contributed by atoms with Gasteiger partial charge in [0.25, 0.3) is 6.43 Å². The van der Waals surface area contributed by atoms with Crippen molar-refractivity contribution in [3.05, 3.63) is 16.4 Å². The SMILES string of the molecule is Cc1nn(C)c(CNCC(O)C(F)F)c1Cl. The van der Waals surface area contributed by atoms with Gasteiger partial charge >= 0.3 is 0 Å². The van der Waals surface area contributed by atoms with Gasteiger partial charge < -0.3 is 10.4 Å². The lowest BCUT2D eigenvalue weighted by Gasteiger charge is -2.10. The quantitative estimate of drug-likeness (QED) is 0.826. The molecule has 0 aliphatic carbocycles. The molecule has 0 amide bonds. The molecule has 0 spiro atoms. The summed E-state index contributed by atoms with van der Waals surface area (Å²) in [6, 6.07) is 0. The molecule has 1 atom stereocenters. The van der Waals surface area contributed by atoms with Gasteiger partial charge in [-0.15, -0.1) is 0 Å². The minimum atomic E-state index is -2.74. The Balaban J connectivity index is 2.49. The third kappa shape index (κ3) is 3.13. The van der Waals surface area contributed by atoms with Crippen molar-refractivity contribution in [2.24, 2.45) is 7.05 Å². The fourth-order valence-electron chi connectivity index (χ4n) is 1.30. The topological polar surface area (TPSA) is 50.1 Å². The molecule has 0 aliphatic heterocycles. The Morgan fingerprint density at radius 2 is 2.19 bits per heavy atom. The van der Waals surface area contributed by atoms with Crippen LogP contribution in [0.15, 0.2) is 0 Å². The van der Waals surface area contributed by atoms with Crippen molar-refractivity contribution in [3.8, 4) is 0 Å². The maximum absolute atomic E-state index is 12.0. The molecular weight excluding hydrogens is 240 g/mol. The van der Waals surface area contributed by atoms with Crippen LogP contribution in [0.2, 0.25) is 5.02 Å². The molecule has 0 aliphatic rings. The van der Waals surface area contributed by atoms with Crippen LogP contribution in [0, 0.1) is 6.92 Å². The molecular formula is C9H14ClF2N3O. The summed E-state index contributed by atoms with van der Waals surface area (Å²) < 4.78 is 25.5. The number of hydrogen-bond acceptors (Lipinski definition) is 3. The summed E-state index contributed by atoms with van der Waals surface area (Å²) in [7, 11) is 1.72. The maximum atomic E-state index is 12.0. The van der Waals surface area contributed by atoms with E-state index in [1.165, 1.54) is 0 Å². The van der Waals surface area contributed by atoms with Crippen LogP contribution in [0.4, 0.5) is 8.78 Å². The Morgan fingerprint density at radius 1 is 1.56 bits per heavy atom. The van der Waals surface area contributed by atoms with E-state index >= 15 is 0 Å². The minimum Gasteiger partial charge on any atom is -0.386 e. The van der Waals surface area contributed by atoms with E-state index in [9.17, 15) is 8.78 Å². The molecule has 1 rings (SSSR count). The van der Waals surface area contributed by atoms with Crippen LogP contribution >= 0.6 is 11.6 Å². The molecule has 1 aromatic rings. The number of nitrogens with one attached hydrogen (secondary N) is 1. The van der Waals surface area contributed by atoms with Gasteiger partial charge in [0.1, 0.15) is 6.10 Å². The third-order valence-electron chi connectivity index (χ3n) is 2.20. The molecule has 0 saturated carbocycles. The first-order valence-electron chi connectivity index (χ1n) is 4.78. The fraction of sp³-hybridized carbons (Fsp3) is 0.667. The number of aliphatic hydroxyl groups is 1. The summed E-state index contributed by atoms with van der Waals surface area (Å²) in [6.45, 7) is 1.87. The molecule has 0 aromatic carbocycles. The molecule has 2 N–H and O–H groups in total. The Kier molecular flexibility index (Phi) is 4.64.